The molecule has 8 heteroatoms. The number of nitrogens with zero attached hydrogens (tertiary/aromatic N) is 2. The average Bonchev–Trinajstić information content (AvgIpc) is 3.27. The van der Waals surface area contributed by atoms with Gasteiger partial charge in [-0.15, -0.1) is 10.2 Å². The Kier molecular flexibility index (Phi) is 6.18. The molecule has 0 saturated heterocycles. The van der Waals surface area contributed by atoms with E-state index in [1.807, 2.05) is 32.9 Å². The van der Waals surface area contributed by atoms with Gasteiger partial charge in [0.05, 0.1) is 18.1 Å². The quantitative estimate of drug-likeness (QED) is 0.553. The molecule has 1 amide bonds. The molecule has 0 bridgehead atoms. The van der Waals surface area contributed by atoms with Gasteiger partial charge in [-0.1, -0.05) is 40.8 Å². The van der Waals surface area contributed by atoms with Crippen LogP contribution in [0.15, 0.2) is 39.3 Å². The predicted octanol–water partition coefficient (Wildman–Crippen LogP) is 4.79. The Balaban J connectivity index is 1.57. The van der Waals surface area contributed by atoms with Gasteiger partial charge in [-0.2, -0.15) is 0 Å². The Morgan fingerprint density at radius 1 is 1.26 bits per heavy atom. The molecule has 1 atom stereocenters. The molecule has 0 aliphatic carbocycles. The molecule has 0 spiro atoms. The molecule has 0 aliphatic heterocycles. The van der Waals surface area contributed by atoms with Crippen molar-refractivity contribution in [1.82, 2.24) is 10.2 Å². The molecule has 3 aromatic rings. The number of thioether (sulfide) groups is 1. The SMILES string of the molecule is Cc1cc(C)c(NC(=O)[C@H](C)Sc2nnc(NCc3ccco3)s2)c(C)c1. The number of furan rings is 1. The molecule has 2 N–H and O–H groups in total. The molecule has 0 saturated carbocycles. The van der Waals surface area contributed by atoms with Gasteiger partial charge in [-0.3, -0.25) is 4.79 Å². The molecular weight excluding hydrogens is 380 g/mol. The number of rotatable bonds is 7. The number of aryl methyl sites for hydroxylation is 3. The maximum Gasteiger partial charge on any atom is 0.237 e. The highest BCUT2D eigenvalue weighted by Gasteiger charge is 2.19. The smallest absolute Gasteiger partial charge is 0.237 e. The summed E-state index contributed by atoms with van der Waals surface area (Å²) in [6.07, 6.45) is 1.64. The van der Waals surface area contributed by atoms with Crippen LogP contribution in [0.1, 0.15) is 29.4 Å². The van der Waals surface area contributed by atoms with Gasteiger partial charge in [0.1, 0.15) is 5.76 Å². The third-order valence-corrected chi connectivity index (χ3v) is 6.04. The third kappa shape index (κ3) is 5.11. The monoisotopic (exact) mass is 402 g/mol. The molecule has 0 aliphatic rings. The highest BCUT2D eigenvalue weighted by atomic mass is 32.2. The Labute approximate surface area is 166 Å². The summed E-state index contributed by atoms with van der Waals surface area (Å²) in [5.74, 6) is 0.784. The second kappa shape index (κ2) is 8.58. The van der Waals surface area contributed by atoms with E-state index in [1.165, 1.54) is 28.7 Å². The molecule has 0 unspecified atom stereocenters. The van der Waals surface area contributed by atoms with Crippen molar-refractivity contribution in [3.05, 3.63) is 53.0 Å². The molecule has 1 aromatic carbocycles. The Morgan fingerprint density at radius 2 is 2.00 bits per heavy atom. The minimum Gasteiger partial charge on any atom is -0.467 e. The zero-order chi connectivity index (χ0) is 19.4. The van der Waals surface area contributed by atoms with E-state index in [2.05, 4.69) is 39.9 Å². The molecule has 0 fully saturated rings. The molecule has 0 radical (unpaired) electrons. The van der Waals surface area contributed by atoms with Crippen LogP contribution < -0.4 is 10.6 Å². The van der Waals surface area contributed by atoms with Crippen molar-refractivity contribution >= 4 is 39.8 Å². The lowest BCUT2D eigenvalue weighted by atomic mass is 10.1. The number of benzene rings is 1. The fraction of sp³-hybridized carbons (Fsp3) is 0.316. The maximum atomic E-state index is 12.6. The second-order valence-electron chi connectivity index (χ2n) is 6.33. The zero-order valence-corrected chi connectivity index (χ0v) is 17.3. The lowest BCUT2D eigenvalue weighted by molar-refractivity contribution is -0.115. The van der Waals surface area contributed by atoms with Gasteiger partial charge in [-0.25, -0.2) is 0 Å². The third-order valence-electron chi connectivity index (χ3n) is 3.97. The fourth-order valence-corrected chi connectivity index (χ4v) is 4.60. The summed E-state index contributed by atoms with van der Waals surface area (Å²) < 4.78 is 6.02. The Hall–Kier alpha value is -2.32. The summed E-state index contributed by atoms with van der Waals surface area (Å²) in [5, 5.41) is 14.9. The molecule has 3 rings (SSSR count). The Morgan fingerprint density at radius 3 is 2.67 bits per heavy atom. The first-order valence-corrected chi connectivity index (χ1v) is 10.3. The predicted molar refractivity (Wildman–Crippen MR) is 111 cm³/mol. The largest absolute Gasteiger partial charge is 0.467 e. The van der Waals surface area contributed by atoms with E-state index in [4.69, 9.17) is 4.42 Å². The van der Waals surface area contributed by atoms with Crippen LogP contribution in [0.25, 0.3) is 0 Å². The van der Waals surface area contributed by atoms with Crippen molar-refractivity contribution in [1.29, 1.82) is 0 Å². The first-order chi connectivity index (χ1) is 12.9. The van der Waals surface area contributed by atoms with Gasteiger partial charge >= 0.3 is 0 Å². The minimum atomic E-state index is -0.282. The second-order valence-corrected chi connectivity index (χ2v) is 8.89. The molecular formula is C19H22N4O2S2. The molecule has 2 aromatic heterocycles. The van der Waals surface area contributed by atoms with Crippen molar-refractivity contribution < 1.29 is 9.21 Å². The number of hydrogen-bond acceptors (Lipinski definition) is 7. The number of anilines is 2. The normalized spacial score (nSPS) is 12.0. The lowest BCUT2D eigenvalue weighted by Gasteiger charge is -2.15. The van der Waals surface area contributed by atoms with Gasteiger partial charge in [0.15, 0.2) is 4.34 Å². The summed E-state index contributed by atoms with van der Waals surface area (Å²) in [6, 6.07) is 7.88. The minimum absolute atomic E-state index is 0.0460. The van der Waals surface area contributed by atoms with E-state index >= 15 is 0 Å². The molecule has 2 heterocycles. The van der Waals surface area contributed by atoms with Crippen LogP contribution in [0.5, 0.6) is 0 Å². The van der Waals surface area contributed by atoms with Crippen LogP contribution in [0.4, 0.5) is 10.8 Å². The average molecular weight is 403 g/mol. The van der Waals surface area contributed by atoms with Crippen LogP contribution >= 0.6 is 23.1 Å². The van der Waals surface area contributed by atoms with Crippen LogP contribution in [-0.2, 0) is 11.3 Å². The van der Waals surface area contributed by atoms with E-state index in [-0.39, 0.29) is 11.2 Å². The highest BCUT2D eigenvalue weighted by Crippen LogP contribution is 2.30. The summed E-state index contributed by atoms with van der Waals surface area (Å²) >= 11 is 2.82. The van der Waals surface area contributed by atoms with Crippen molar-refractivity contribution in [3.8, 4) is 0 Å². The molecule has 27 heavy (non-hydrogen) atoms. The number of nitrogens with one attached hydrogen (secondary N) is 2. The standard InChI is InChI=1S/C19H22N4O2S2/c1-11-8-12(2)16(13(3)9-11)21-17(24)14(4)26-19-23-22-18(27-19)20-10-15-6-5-7-25-15/h5-9,14H,10H2,1-4H3,(H,20,22)(H,21,24)/t14-/m0/s1. The highest BCUT2D eigenvalue weighted by molar-refractivity contribution is 8.02. The van der Waals surface area contributed by atoms with E-state index in [0.717, 1.165) is 26.9 Å². The Bertz CT molecular complexity index is 899. The van der Waals surface area contributed by atoms with Gasteiger partial charge in [0, 0.05) is 5.69 Å². The number of aromatic nitrogens is 2. The van der Waals surface area contributed by atoms with Gasteiger partial charge in [0.25, 0.3) is 0 Å². The van der Waals surface area contributed by atoms with Crippen molar-refractivity contribution in [3.63, 3.8) is 0 Å². The summed E-state index contributed by atoms with van der Waals surface area (Å²) in [4.78, 5) is 12.6. The van der Waals surface area contributed by atoms with E-state index in [9.17, 15) is 4.79 Å². The number of hydrogen-bond donors (Lipinski definition) is 2. The first-order valence-electron chi connectivity index (χ1n) is 8.57. The molecule has 6 nitrogen and oxygen atoms in total. The summed E-state index contributed by atoms with van der Waals surface area (Å²) in [7, 11) is 0. The fourth-order valence-electron chi connectivity index (χ4n) is 2.71. The number of amides is 1. The van der Waals surface area contributed by atoms with Crippen LogP contribution in [0, 0.1) is 20.8 Å². The number of carbonyl (C=O) groups is 1. The number of carbonyl (C=O) groups excluding carboxylic acids is 1. The van der Waals surface area contributed by atoms with Crippen LogP contribution in [0.2, 0.25) is 0 Å². The lowest BCUT2D eigenvalue weighted by Crippen LogP contribution is -2.23. The van der Waals surface area contributed by atoms with E-state index in [1.54, 1.807) is 6.26 Å². The summed E-state index contributed by atoms with van der Waals surface area (Å²) in [6.45, 7) is 8.49. The van der Waals surface area contributed by atoms with Gasteiger partial charge in [0.2, 0.25) is 11.0 Å². The van der Waals surface area contributed by atoms with Gasteiger partial charge in [-0.05, 0) is 51.0 Å². The maximum absolute atomic E-state index is 12.6. The van der Waals surface area contributed by atoms with Crippen molar-refractivity contribution in [2.75, 3.05) is 10.6 Å². The molecule has 142 valence electrons. The van der Waals surface area contributed by atoms with E-state index in [0.29, 0.717) is 11.7 Å². The summed E-state index contributed by atoms with van der Waals surface area (Å²) in [5.41, 5.74) is 4.21. The topological polar surface area (TPSA) is 80.0 Å². The zero-order valence-electron chi connectivity index (χ0n) is 15.7. The van der Waals surface area contributed by atoms with Crippen LogP contribution in [-0.4, -0.2) is 21.4 Å². The van der Waals surface area contributed by atoms with E-state index < -0.39 is 0 Å². The van der Waals surface area contributed by atoms with Crippen LogP contribution in [0.3, 0.4) is 0 Å². The van der Waals surface area contributed by atoms with Crippen molar-refractivity contribution in [2.24, 2.45) is 0 Å². The van der Waals surface area contributed by atoms with Crippen molar-refractivity contribution in [2.45, 2.75) is 43.8 Å². The first kappa shape index (κ1) is 19.4. The van der Waals surface area contributed by atoms with Gasteiger partial charge < -0.3 is 15.1 Å².